The van der Waals surface area contributed by atoms with Crippen molar-refractivity contribution in [3.8, 4) is 0 Å². The van der Waals surface area contributed by atoms with Crippen LogP contribution in [0.5, 0.6) is 0 Å². The molecule has 3 N–H and O–H groups in total. The molecule has 0 heterocycles. The molecule has 128 valence electrons. The van der Waals surface area contributed by atoms with Crippen LogP contribution in [-0.2, 0) is 21.2 Å². The first kappa shape index (κ1) is 18.7. The molecule has 0 aliphatic rings. The second-order valence-electron chi connectivity index (χ2n) is 4.92. The van der Waals surface area contributed by atoms with Crippen molar-refractivity contribution in [2.45, 2.75) is 17.4 Å². The maximum absolute atomic E-state index is 12.4. The quantitative estimate of drug-likeness (QED) is 0.522. The number of amides is 1. The minimum atomic E-state index is -4.04. The molecule has 0 radical (unpaired) electrons. The zero-order chi connectivity index (χ0) is 17.7. The Labute approximate surface area is 149 Å². The van der Waals surface area contributed by atoms with Crippen molar-refractivity contribution in [1.29, 1.82) is 0 Å². The number of carbonyl (C=O) groups excluding carboxylic acids is 1. The summed E-state index contributed by atoms with van der Waals surface area (Å²) in [4.78, 5) is 11.7. The molecule has 1 atom stereocenters. The lowest BCUT2D eigenvalue weighted by Gasteiger charge is -2.17. The van der Waals surface area contributed by atoms with E-state index in [-0.39, 0.29) is 21.4 Å². The van der Waals surface area contributed by atoms with Gasteiger partial charge < -0.3 is 0 Å². The number of nitrogens with one attached hydrogen (secondary N) is 2. The zero-order valence-corrected chi connectivity index (χ0v) is 14.6. The van der Waals surface area contributed by atoms with Gasteiger partial charge in [-0.2, -0.15) is 4.72 Å². The minimum Gasteiger partial charge on any atom is -0.289 e. The van der Waals surface area contributed by atoms with Crippen LogP contribution in [0, 0.1) is 0 Å². The molecule has 6 nitrogen and oxygen atoms in total. The standard InChI is InChI=1S/C15H14Cl2N2O4S/c16-12-7-6-11(9-13(12)17)24(22,23)19-14(15(20)18-21)8-10-4-2-1-3-5-10/h1-7,9,14,19,21H,8H2,(H,18,20). The summed E-state index contributed by atoms with van der Waals surface area (Å²) in [6.45, 7) is 0. The van der Waals surface area contributed by atoms with Crippen molar-refractivity contribution in [2.75, 3.05) is 0 Å². The van der Waals surface area contributed by atoms with Crippen molar-refractivity contribution in [2.24, 2.45) is 0 Å². The van der Waals surface area contributed by atoms with E-state index in [4.69, 9.17) is 28.4 Å². The van der Waals surface area contributed by atoms with Gasteiger partial charge in [-0.3, -0.25) is 10.0 Å². The van der Waals surface area contributed by atoms with Crippen LogP contribution < -0.4 is 10.2 Å². The lowest BCUT2D eigenvalue weighted by atomic mass is 10.1. The van der Waals surface area contributed by atoms with Crippen molar-refractivity contribution in [3.05, 3.63) is 64.1 Å². The van der Waals surface area contributed by atoms with E-state index in [0.717, 1.165) is 5.56 Å². The largest absolute Gasteiger partial charge is 0.289 e. The second-order valence-corrected chi connectivity index (χ2v) is 7.44. The molecule has 24 heavy (non-hydrogen) atoms. The number of rotatable bonds is 6. The Hall–Kier alpha value is -1.64. The SMILES string of the molecule is O=C(NO)C(Cc1ccccc1)NS(=O)(=O)c1ccc(Cl)c(Cl)c1. The Morgan fingerprint density at radius 3 is 2.33 bits per heavy atom. The Morgan fingerprint density at radius 2 is 1.75 bits per heavy atom. The predicted octanol–water partition coefficient (Wildman–Crippen LogP) is 2.39. The number of benzene rings is 2. The van der Waals surface area contributed by atoms with Gasteiger partial charge in [0.15, 0.2) is 0 Å². The molecule has 0 aliphatic heterocycles. The smallest absolute Gasteiger partial charge is 0.261 e. The number of hydroxylamine groups is 1. The van der Waals surface area contributed by atoms with Gasteiger partial charge in [-0.25, -0.2) is 13.9 Å². The Kier molecular flexibility index (Phi) is 6.20. The molecular formula is C15H14Cl2N2O4S. The van der Waals surface area contributed by atoms with Crippen molar-refractivity contribution < 1.29 is 18.4 Å². The van der Waals surface area contributed by atoms with Crippen LogP contribution in [0.15, 0.2) is 53.4 Å². The molecule has 2 aromatic rings. The van der Waals surface area contributed by atoms with Gasteiger partial charge >= 0.3 is 0 Å². The third-order valence-corrected chi connectivity index (χ3v) is 5.42. The average Bonchev–Trinajstić information content (AvgIpc) is 2.56. The van der Waals surface area contributed by atoms with Crippen LogP contribution in [-0.4, -0.2) is 25.6 Å². The number of hydrogen-bond acceptors (Lipinski definition) is 4. The zero-order valence-electron chi connectivity index (χ0n) is 12.2. The summed E-state index contributed by atoms with van der Waals surface area (Å²) in [5, 5.41) is 9.15. The number of halogens is 2. The molecule has 0 spiro atoms. The summed E-state index contributed by atoms with van der Waals surface area (Å²) >= 11 is 11.6. The molecule has 2 aromatic carbocycles. The molecule has 0 fully saturated rings. The minimum absolute atomic E-state index is 0.0633. The molecule has 9 heteroatoms. The third kappa shape index (κ3) is 4.68. The molecule has 2 rings (SSSR count). The Balaban J connectivity index is 2.27. The molecule has 0 saturated heterocycles. The molecule has 0 aromatic heterocycles. The van der Waals surface area contributed by atoms with E-state index in [1.807, 2.05) is 0 Å². The normalized spacial score (nSPS) is 12.6. The summed E-state index contributed by atoms with van der Waals surface area (Å²) in [6.07, 6.45) is 0.0633. The van der Waals surface area contributed by atoms with Crippen LogP contribution in [0.1, 0.15) is 5.56 Å². The van der Waals surface area contributed by atoms with Gasteiger partial charge in [0.25, 0.3) is 5.91 Å². The van der Waals surface area contributed by atoms with Crippen LogP contribution in [0.2, 0.25) is 10.0 Å². The van der Waals surface area contributed by atoms with Crippen molar-refractivity contribution in [3.63, 3.8) is 0 Å². The van der Waals surface area contributed by atoms with Crippen molar-refractivity contribution in [1.82, 2.24) is 10.2 Å². The van der Waals surface area contributed by atoms with E-state index in [1.54, 1.807) is 30.3 Å². The highest BCUT2D eigenvalue weighted by molar-refractivity contribution is 7.89. The Morgan fingerprint density at radius 1 is 1.08 bits per heavy atom. The summed E-state index contributed by atoms with van der Waals surface area (Å²) in [5.74, 6) is -0.873. The molecule has 0 bridgehead atoms. The number of sulfonamides is 1. The first-order valence-electron chi connectivity index (χ1n) is 6.79. The molecule has 1 unspecified atom stereocenters. The summed E-state index contributed by atoms with van der Waals surface area (Å²) in [6, 6.07) is 11.4. The molecule has 1 amide bonds. The van der Waals surface area contributed by atoms with Gasteiger partial charge in [0.05, 0.1) is 14.9 Å². The van der Waals surface area contributed by atoms with Gasteiger partial charge in [-0.1, -0.05) is 53.5 Å². The van der Waals surface area contributed by atoms with E-state index in [9.17, 15) is 13.2 Å². The highest BCUT2D eigenvalue weighted by Gasteiger charge is 2.26. The fourth-order valence-electron chi connectivity index (χ4n) is 2.01. The molecule has 0 saturated carbocycles. The highest BCUT2D eigenvalue weighted by Crippen LogP contribution is 2.25. The topological polar surface area (TPSA) is 95.5 Å². The first-order valence-corrected chi connectivity index (χ1v) is 9.02. The number of carbonyl (C=O) groups is 1. The van der Waals surface area contributed by atoms with Crippen LogP contribution in [0.3, 0.4) is 0 Å². The average molecular weight is 389 g/mol. The van der Waals surface area contributed by atoms with E-state index in [2.05, 4.69) is 4.72 Å². The van der Waals surface area contributed by atoms with Crippen LogP contribution in [0.25, 0.3) is 0 Å². The van der Waals surface area contributed by atoms with Gasteiger partial charge in [-0.15, -0.1) is 0 Å². The lowest BCUT2D eigenvalue weighted by Crippen LogP contribution is -2.47. The fraction of sp³-hybridized carbons (Fsp3) is 0.133. The third-order valence-electron chi connectivity index (χ3n) is 3.21. The van der Waals surface area contributed by atoms with Gasteiger partial charge in [-0.05, 0) is 30.2 Å². The van der Waals surface area contributed by atoms with E-state index < -0.39 is 22.0 Å². The van der Waals surface area contributed by atoms with E-state index in [1.165, 1.54) is 23.7 Å². The van der Waals surface area contributed by atoms with Gasteiger partial charge in [0.1, 0.15) is 6.04 Å². The lowest BCUT2D eigenvalue weighted by molar-refractivity contribution is -0.130. The summed E-state index contributed by atoms with van der Waals surface area (Å²) in [5.41, 5.74) is 2.19. The fourth-order valence-corrected chi connectivity index (χ4v) is 3.60. The van der Waals surface area contributed by atoms with Crippen LogP contribution >= 0.6 is 23.2 Å². The predicted molar refractivity (Wildman–Crippen MR) is 90.6 cm³/mol. The van der Waals surface area contributed by atoms with E-state index in [0.29, 0.717) is 0 Å². The molecular weight excluding hydrogens is 375 g/mol. The van der Waals surface area contributed by atoms with Gasteiger partial charge in [0.2, 0.25) is 10.0 Å². The Bertz CT molecular complexity index is 829. The maximum Gasteiger partial charge on any atom is 0.261 e. The first-order chi connectivity index (χ1) is 11.3. The van der Waals surface area contributed by atoms with Crippen LogP contribution in [0.4, 0.5) is 0 Å². The van der Waals surface area contributed by atoms with Crippen molar-refractivity contribution >= 4 is 39.1 Å². The highest BCUT2D eigenvalue weighted by atomic mass is 35.5. The second kappa shape index (κ2) is 7.96. The monoisotopic (exact) mass is 388 g/mol. The number of hydrogen-bond donors (Lipinski definition) is 3. The van der Waals surface area contributed by atoms with Gasteiger partial charge in [0, 0.05) is 0 Å². The van der Waals surface area contributed by atoms with E-state index >= 15 is 0 Å². The maximum atomic E-state index is 12.4. The summed E-state index contributed by atoms with van der Waals surface area (Å²) in [7, 11) is -4.04. The molecule has 0 aliphatic carbocycles. The summed E-state index contributed by atoms with van der Waals surface area (Å²) < 4.78 is 27.1.